The first kappa shape index (κ1) is 25.8. The Bertz CT molecular complexity index is 1090. The van der Waals surface area contributed by atoms with Crippen molar-refractivity contribution < 1.29 is 13.2 Å². The molecule has 0 unspecified atom stereocenters. The highest BCUT2D eigenvalue weighted by atomic mass is 35.5. The smallest absolute Gasteiger partial charge is 0.145 e. The number of halogens is 4. The highest BCUT2D eigenvalue weighted by Crippen LogP contribution is 2.35. The lowest BCUT2D eigenvalue weighted by atomic mass is 9.77. The van der Waals surface area contributed by atoms with Crippen molar-refractivity contribution in [1.29, 1.82) is 0 Å². The van der Waals surface area contributed by atoms with Gasteiger partial charge >= 0.3 is 0 Å². The van der Waals surface area contributed by atoms with E-state index in [1.54, 1.807) is 6.07 Å². The Hall–Kier alpha value is -2.26. The molecule has 35 heavy (non-hydrogen) atoms. The normalized spacial score (nSPS) is 18.1. The highest BCUT2D eigenvalue weighted by molar-refractivity contribution is 6.31. The molecule has 3 aromatic carbocycles. The van der Waals surface area contributed by atoms with Crippen LogP contribution in [0.15, 0.2) is 54.6 Å². The van der Waals surface area contributed by atoms with E-state index in [0.717, 1.165) is 49.3 Å². The molecular formula is C31H34ClF3. The molecule has 4 rings (SSSR count). The summed E-state index contributed by atoms with van der Waals surface area (Å²) >= 11 is 5.54. The third kappa shape index (κ3) is 6.91. The molecular weight excluding hydrogens is 465 g/mol. The summed E-state index contributed by atoms with van der Waals surface area (Å²) in [6.07, 6.45) is 11.7. The number of rotatable bonds is 9. The minimum absolute atomic E-state index is 0.156. The van der Waals surface area contributed by atoms with Gasteiger partial charge in [0.2, 0.25) is 0 Å². The third-order valence-corrected chi connectivity index (χ3v) is 7.90. The Labute approximate surface area is 212 Å². The molecule has 1 aliphatic rings. The molecule has 4 heteroatoms. The molecule has 1 aliphatic carbocycles. The minimum atomic E-state index is -0.884. The van der Waals surface area contributed by atoms with Crippen molar-refractivity contribution in [2.75, 3.05) is 0 Å². The van der Waals surface area contributed by atoms with Crippen LogP contribution in [0.2, 0.25) is 5.02 Å². The topological polar surface area (TPSA) is 0 Å². The molecule has 186 valence electrons. The number of benzene rings is 3. The lowest BCUT2D eigenvalue weighted by molar-refractivity contribution is 0.253. The van der Waals surface area contributed by atoms with E-state index in [1.807, 2.05) is 6.07 Å². The molecule has 3 aromatic rings. The van der Waals surface area contributed by atoms with Crippen molar-refractivity contribution in [3.63, 3.8) is 0 Å². The number of aryl methyl sites for hydroxylation is 3. The van der Waals surface area contributed by atoms with Crippen LogP contribution in [0.25, 0.3) is 11.1 Å². The quantitative estimate of drug-likeness (QED) is 0.257. The van der Waals surface area contributed by atoms with Crippen molar-refractivity contribution in [1.82, 2.24) is 0 Å². The summed E-state index contributed by atoms with van der Waals surface area (Å²) in [4.78, 5) is 0. The van der Waals surface area contributed by atoms with Crippen LogP contribution in [0.1, 0.15) is 68.6 Å². The summed E-state index contributed by atoms with van der Waals surface area (Å²) in [6.45, 7) is 2.22. The lowest BCUT2D eigenvalue weighted by Gasteiger charge is -2.28. The Morgan fingerprint density at radius 1 is 0.657 bits per heavy atom. The van der Waals surface area contributed by atoms with E-state index in [4.69, 9.17) is 11.6 Å². The van der Waals surface area contributed by atoms with Gasteiger partial charge in [-0.25, -0.2) is 13.2 Å². The van der Waals surface area contributed by atoms with Gasteiger partial charge in [-0.2, -0.15) is 0 Å². The van der Waals surface area contributed by atoms with Crippen LogP contribution in [0.3, 0.4) is 0 Å². The van der Waals surface area contributed by atoms with Gasteiger partial charge in [-0.3, -0.25) is 0 Å². The van der Waals surface area contributed by atoms with E-state index < -0.39 is 22.5 Å². The summed E-state index contributed by atoms with van der Waals surface area (Å²) < 4.78 is 42.3. The molecule has 0 amide bonds. The molecule has 0 nitrogen and oxygen atoms in total. The Morgan fingerprint density at radius 2 is 1.14 bits per heavy atom. The Balaban J connectivity index is 1.23. The average molecular weight is 499 g/mol. The summed E-state index contributed by atoms with van der Waals surface area (Å²) in [6, 6.07) is 16.2. The average Bonchev–Trinajstić information content (AvgIpc) is 2.86. The van der Waals surface area contributed by atoms with Crippen molar-refractivity contribution in [2.24, 2.45) is 11.8 Å². The van der Waals surface area contributed by atoms with Gasteiger partial charge in [0.15, 0.2) is 0 Å². The van der Waals surface area contributed by atoms with E-state index in [0.29, 0.717) is 5.92 Å². The van der Waals surface area contributed by atoms with Crippen molar-refractivity contribution in [3.8, 4) is 11.1 Å². The van der Waals surface area contributed by atoms with Crippen LogP contribution < -0.4 is 0 Å². The second-order valence-electron chi connectivity index (χ2n) is 10.1. The van der Waals surface area contributed by atoms with Crippen LogP contribution in [0.4, 0.5) is 13.2 Å². The maximum absolute atomic E-state index is 14.7. The van der Waals surface area contributed by atoms with E-state index in [2.05, 4.69) is 31.2 Å². The molecule has 0 heterocycles. The van der Waals surface area contributed by atoms with Gasteiger partial charge in [0.1, 0.15) is 22.5 Å². The molecule has 0 N–H and O–H groups in total. The van der Waals surface area contributed by atoms with Crippen LogP contribution >= 0.6 is 11.6 Å². The predicted molar refractivity (Wildman–Crippen MR) is 139 cm³/mol. The van der Waals surface area contributed by atoms with Crippen molar-refractivity contribution in [3.05, 3.63) is 93.8 Å². The highest BCUT2D eigenvalue weighted by Gasteiger charge is 2.21. The Morgan fingerprint density at radius 3 is 1.66 bits per heavy atom. The van der Waals surface area contributed by atoms with Crippen LogP contribution in [0.5, 0.6) is 0 Å². The first-order chi connectivity index (χ1) is 16.9. The minimum Gasteiger partial charge on any atom is -0.206 e. The molecule has 0 saturated heterocycles. The van der Waals surface area contributed by atoms with Crippen LogP contribution in [-0.2, 0) is 19.3 Å². The van der Waals surface area contributed by atoms with Crippen LogP contribution in [0, 0.1) is 29.3 Å². The zero-order valence-electron chi connectivity index (χ0n) is 20.4. The van der Waals surface area contributed by atoms with Crippen LogP contribution in [-0.4, -0.2) is 0 Å². The summed E-state index contributed by atoms with van der Waals surface area (Å²) in [7, 11) is 0. The lowest BCUT2D eigenvalue weighted by Crippen LogP contribution is -2.15. The van der Waals surface area contributed by atoms with Gasteiger partial charge in [0.25, 0.3) is 0 Å². The zero-order valence-corrected chi connectivity index (χ0v) is 21.2. The fraction of sp³-hybridized carbons (Fsp3) is 0.419. The van der Waals surface area contributed by atoms with Gasteiger partial charge in [-0.05, 0) is 84.4 Å². The molecule has 0 bridgehead atoms. The SMILES string of the molecule is CCCc1ccc(CCC2CCC(CCc3ccc(-c4cc(F)c(Cl)c(F)c4)c(F)c3)CC2)cc1. The molecule has 0 atom stereocenters. The van der Waals surface area contributed by atoms with E-state index in [1.165, 1.54) is 55.7 Å². The maximum Gasteiger partial charge on any atom is 0.145 e. The van der Waals surface area contributed by atoms with Gasteiger partial charge in [0, 0.05) is 5.56 Å². The molecule has 0 radical (unpaired) electrons. The van der Waals surface area contributed by atoms with Crippen molar-refractivity contribution in [2.45, 2.75) is 71.1 Å². The largest absolute Gasteiger partial charge is 0.206 e. The van der Waals surface area contributed by atoms with Gasteiger partial charge < -0.3 is 0 Å². The van der Waals surface area contributed by atoms with Crippen molar-refractivity contribution >= 4 is 11.6 Å². The molecule has 1 saturated carbocycles. The molecule has 0 spiro atoms. The van der Waals surface area contributed by atoms with E-state index in [9.17, 15) is 13.2 Å². The first-order valence-corrected chi connectivity index (χ1v) is 13.3. The van der Waals surface area contributed by atoms with Gasteiger partial charge in [-0.15, -0.1) is 0 Å². The predicted octanol–water partition coefficient (Wildman–Crippen LogP) is 9.75. The van der Waals surface area contributed by atoms with Gasteiger partial charge in [-0.1, -0.05) is 87.0 Å². The summed E-state index contributed by atoms with van der Waals surface area (Å²) in [5.41, 5.74) is 4.14. The standard InChI is InChI=1S/C31H34ClF3/c1-2-3-21-4-6-22(7-5-21)8-9-23-10-12-24(13-11-23)14-15-25-16-17-27(28(33)18-25)26-19-29(34)31(32)30(35)20-26/h4-7,16-20,23-24H,2-3,8-15H2,1H3. The maximum atomic E-state index is 14.7. The molecule has 0 aromatic heterocycles. The zero-order chi connectivity index (χ0) is 24.8. The Kier molecular flexibility index (Phi) is 8.94. The monoisotopic (exact) mass is 498 g/mol. The van der Waals surface area contributed by atoms with E-state index in [-0.39, 0.29) is 11.1 Å². The second-order valence-corrected chi connectivity index (χ2v) is 10.5. The van der Waals surface area contributed by atoms with Gasteiger partial charge in [0.05, 0.1) is 0 Å². The number of hydrogen-bond donors (Lipinski definition) is 0. The fourth-order valence-electron chi connectivity index (χ4n) is 5.37. The first-order valence-electron chi connectivity index (χ1n) is 12.9. The molecule has 1 fully saturated rings. The third-order valence-electron chi connectivity index (χ3n) is 7.54. The van der Waals surface area contributed by atoms with E-state index >= 15 is 0 Å². The summed E-state index contributed by atoms with van der Waals surface area (Å²) in [5.74, 6) is -0.744. The summed E-state index contributed by atoms with van der Waals surface area (Å²) in [5, 5.41) is -0.568. The molecule has 0 aliphatic heterocycles. The second kappa shape index (κ2) is 12.1. The fourth-order valence-corrected chi connectivity index (χ4v) is 5.48. The number of hydrogen-bond acceptors (Lipinski definition) is 0.